The van der Waals surface area contributed by atoms with Crippen LogP contribution >= 0.6 is 0 Å². The minimum absolute atomic E-state index is 0.0325. The summed E-state index contributed by atoms with van der Waals surface area (Å²) in [7, 11) is -1.04. The maximum atomic E-state index is 12.9. The van der Waals surface area contributed by atoms with Gasteiger partial charge in [-0.3, -0.25) is 14.3 Å². The highest BCUT2D eigenvalue weighted by Gasteiger charge is 2.18. The number of aromatic nitrogens is 4. The predicted octanol–water partition coefficient (Wildman–Crippen LogP) is 1.60. The van der Waals surface area contributed by atoms with Crippen molar-refractivity contribution in [3.8, 4) is 0 Å². The highest BCUT2D eigenvalue weighted by atomic mass is 32.2. The molecule has 2 aromatic carbocycles. The molecular weight excluding hydrogens is 406 g/mol. The number of nitrogens with one attached hydrogen (secondary N) is 1. The van der Waals surface area contributed by atoms with Crippen LogP contribution in [-0.4, -0.2) is 27.5 Å². The van der Waals surface area contributed by atoms with Gasteiger partial charge in [0.15, 0.2) is 0 Å². The van der Waals surface area contributed by atoms with Gasteiger partial charge in [0.05, 0.1) is 44.0 Å². The van der Waals surface area contributed by atoms with Crippen LogP contribution in [0, 0.1) is 13.8 Å². The maximum Gasteiger partial charge on any atom is 0.316 e. The van der Waals surface area contributed by atoms with Crippen molar-refractivity contribution < 1.29 is 8.42 Å². The van der Waals surface area contributed by atoms with Crippen molar-refractivity contribution in [3.63, 3.8) is 0 Å². The summed E-state index contributed by atoms with van der Waals surface area (Å²) in [6.07, 6.45) is 0. The zero-order valence-electron chi connectivity index (χ0n) is 16.8. The molecular formula is C20H19N5O4S. The number of aryl methyl sites for hydroxylation is 4. The van der Waals surface area contributed by atoms with E-state index in [1.54, 1.807) is 18.2 Å². The SMILES string of the molecule is Cc1nc2ccc(NS(=O)(=O)c3ccc4c(c3)n(C)c(=O)c(=O)n4C)cc2nc1C. The van der Waals surface area contributed by atoms with Crippen LogP contribution in [0.25, 0.3) is 22.1 Å². The molecule has 0 unspecified atom stereocenters. The zero-order chi connectivity index (χ0) is 21.8. The van der Waals surface area contributed by atoms with Crippen LogP contribution < -0.4 is 15.8 Å². The molecule has 0 atom stereocenters. The van der Waals surface area contributed by atoms with E-state index in [0.29, 0.717) is 27.8 Å². The third kappa shape index (κ3) is 3.14. The van der Waals surface area contributed by atoms with Crippen LogP contribution in [0.1, 0.15) is 11.4 Å². The molecule has 10 heteroatoms. The van der Waals surface area contributed by atoms with Gasteiger partial charge in [0, 0.05) is 14.1 Å². The Labute approximate surface area is 171 Å². The molecule has 154 valence electrons. The summed E-state index contributed by atoms with van der Waals surface area (Å²) in [4.78, 5) is 32.9. The second kappa shape index (κ2) is 6.77. The molecule has 30 heavy (non-hydrogen) atoms. The Hall–Kier alpha value is -3.53. The van der Waals surface area contributed by atoms with Crippen LogP contribution in [0.15, 0.2) is 50.9 Å². The van der Waals surface area contributed by atoms with Gasteiger partial charge in [-0.1, -0.05) is 0 Å². The molecule has 2 aromatic heterocycles. The monoisotopic (exact) mass is 425 g/mol. The van der Waals surface area contributed by atoms with Gasteiger partial charge in [0.2, 0.25) is 0 Å². The average Bonchev–Trinajstić information content (AvgIpc) is 2.71. The van der Waals surface area contributed by atoms with Gasteiger partial charge in [-0.15, -0.1) is 0 Å². The molecule has 0 aliphatic carbocycles. The fraction of sp³-hybridized carbons (Fsp3) is 0.200. The summed E-state index contributed by atoms with van der Waals surface area (Å²) in [5.74, 6) is 0. The van der Waals surface area contributed by atoms with E-state index in [4.69, 9.17) is 0 Å². The molecule has 4 aromatic rings. The van der Waals surface area contributed by atoms with E-state index in [2.05, 4.69) is 14.7 Å². The smallest absolute Gasteiger partial charge is 0.305 e. The Bertz CT molecular complexity index is 1570. The van der Waals surface area contributed by atoms with Gasteiger partial charge in [0.25, 0.3) is 10.0 Å². The third-order valence-electron chi connectivity index (χ3n) is 5.10. The molecule has 0 spiro atoms. The molecule has 2 heterocycles. The molecule has 1 N–H and O–H groups in total. The Balaban J connectivity index is 1.79. The summed E-state index contributed by atoms with van der Waals surface area (Å²) in [6, 6.07) is 9.20. The fourth-order valence-corrected chi connectivity index (χ4v) is 4.31. The molecule has 0 saturated heterocycles. The summed E-state index contributed by atoms with van der Waals surface area (Å²) in [5, 5.41) is 0. The van der Waals surface area contributed by atoms with Crippen LogP contribution in [0.4, 0.5) is 5.69 Å². The molecule has 0 saturated carbocycles. The Kier molecular flexibility index (Phi) is 4.46. The molecule has 0 radical (unpaired) electrons. The van der Waals surface area contributed by atoms with Crippen LogP contribution in [0.3, 0.4) is 0 Å². The largest absolute Gasteiger partial charge is 0.316 e. The van der Waals surface area contributed by atoms with Gasteiger partial charge < -0.3 is 9.13 Å². The predicted molar refractivity (Wildman–Crippen MR) is 114 cm³/mol. The van der Waals surface area contributed by atoms with Crippen LogP contribution in [0.5, 0.6) is 0 Å². The van der Waals surface area contributed by atoms with Crippen molar-refractivity contribution in [2.24, 2.45) is 14.1 Å². The summed E-state index contributed by atoms with van der Waals surface area (Å²) in [5.41, 5.74) is 2.54. The standard InChI is InChI=1S/C20H19N5O4S/c1-11-12(2)22-16-9-13(5-7-15(16)21-11)23-30(28,29)14-6-8-17-18(10-14)25(4)20(27)19(26)24(17)3/h5-10,23H,1-4H3. The normalized spacial score (nSPS) is 11.9. The van der Waals surface area contributed by atoms with Gasteiger partial charge >= 0.3 is 11.1 Å². The average molecular weight is 425 g/mol. The maximum absolute atomic E-state index is 12.9. The third-order valence-corrected chi connectivity index (χ3v) is 6.48. The first-order valence-electron chi connectivity index (χ1n) is 9.06. The number of nitrogens with zero attached hydrogens (tertiary/aromatic N) is 4. The lowest BCUT2D eigenvalue weighted by Gasteiger charge is -2.12. The molecule has 0 aliphatic rings. The molecule has 0 fully saturated rings. The van der Waals surface area contributed by atoms with Gasteiger partial charge in [-0.05, 0) is 50.2 Å². The van der Waals surface area contributed by atoms with Crippen molar-refractivity contribution >= 4 is 37.8 Å². The molecule has 0 amide bonds. The van der Waals surface area contributed by atoms with Crippen molar-refractivity contribution in [2.45, 2.75) is 18.7 Å². The summed E-state index contributed by atoms with van der Waals surface area (Å²) < 4.78 is 30.8. The molecule has 0 bridgehead atoms. The van der Waals surface area contributed by atoms with Gasteiger partial charge in [-0.2, -0.15) is 0 Å². The van der Waals surface area contributed by atoms with Crippen LogP contribution in [0.2, 0.25) is 0 Å². The van der Waals surface area contributed by atoms with Crippen molar-refractivity contribution in [1.29, 1.82) is 0 Å². The number of benzene rings is 2. The quantitative estimate of drug-likeness (QED) is 0.499. The van der Waals surface area contributed by atoms with Gasteiger partial charge in [0.1, 0.15) is 0 Å². The van der Waals surface area contributed by atoms with E-state index in [-0.39, 0.29) is 4.90 Å². The van der Waals surface area contributed by atoms with Gasteiger partial charge in [-0.25, -0.2) is 18.4 Å². The zero-order valence-corrected chi connectivity index (χ0v) is 17.6. The lowest BCUT2D eigenvalue weighted by molar-refractivity contribution is 0.601. The molecule has 0 aliphatic heterocycles. The first kappa shape index (κ1) is 19.8. The minimum Gasteiger partial charge on any atom is -0.305 e. The minimum atomic E-state index is -3.95. The number of sulfonamides is 1. The van der Waals surface area contributed by atoms with E-state index in [9.17, 15) is 18.0 Å². The fourth-order valence-electron chi connectivity index (χ4n) is 3.24. The van der Waals surface area contributed by atoms with E-state index in [0.717, 1.165) is 16.0 Å². The Morgan fingerprint density at radius 3 is 2.07 bits per heavy atom. The van der Waals surface area contributed by atoms with E-state index < -0.39 is 21.1 Å². The second-order valence-electron chi connectivity index (χ2n) is 7.08. The number of hydrogen-bond donors (Lipinski definition) is 1. The van der Waals surface area contributed by atoms with Crippen molar-refractivity contribution in [1.82, 2.24) is 19.1 Å². The summed E-state index contributed by atoms with van der Waals surface area (Å²) >= 11 is 0. The Morgan fingerprint density at radius 1 is 0.800 bits per heavy atom. The lowest BCUT2D eigenvalue weighted by Crippen LogP contribution is -2.39. The van der Waals surface area contributed by atoms with Crippen molar-refractivity contribution in [3.05, 3.63) is 68.5 Å². The first-order chi connectivity index (χ1) is 14.1. The second-order valence-corrected chi connectivity index (χ2v) is 8.76. The number of hydrogen-bond acceptors (Lipinski definition) is 6. The molecule has 9 nitrogen and oxygen atoms in total. The topological polar surface area (TPSA) is 116 Å². The number of anilines is 1. The lowest BCUT2D eigenvalue weighted by atomic mass is 10.2. The van der Waals surface area contributed by atoms with E-state index in [1.165, 1.54) is 36.9 Å². The number of rotatable bonds is 3. The van der Waals surface area contributed by atoms with Crippen molar-refractivity contribution in [2.75, 3.05) is 4.72 Å². The Morgan fingerprint density at radius 2 is 1.40 bits per heavy atom. The van der Waals surface area contributed by atoms with E-state index >= 15 is 0 Å². The first-order valence-corrected chi connectivity index (χ1v) is 10.5. The highest BCUT2D eigenvalue weighted by Crippen LogP contribution is 2.22. The summed E-state index contributed by atoms with van der Waals surface area (Å²) in [6.45, 7) is 3.70. The van der Waals surface area contributed by atoms with Crippen LogP contribution in [-0.2, 0) is 24.1 Å². The highest BCUT2D eigenvalue weighted by molar-refractivity contribution is 7.92. The number of fused-ring (bicyclic) bond motifs is 2. The molecule has 4 rings (SSSR count). The van der Waals surface area contributed by atoms with E-state index in [1.807, 2.05) is 13.8 Å².